The third kappa shape index (κ3) is 3.98. The zero-order valence-corrected chi connectivity index (χ0v) is 17.3. The Kier molecular flexibility index (Phi) is 6.51. The highest BCUT2D eigenvalue weighted by Gasteiger charge is 2.41. The monoisotopic (exact) mass is 418 g/mol. The average Bonchev–Trinajstić information content (AvgIpc) is 3.09. The van der Waals surface area contributed by atoms with Gasteiger partial charge in [0.1, 0.15) is 4.32 Å². The van der Waals surface area contributed by atoms with Crippen LogP contribution < -0.4 is 4.90 Å². The number of carboxylic acids is 1. The van der Waals surface area contributed by atoms with E-state index in [0.717, 1.165) is 42.3 Å². The summed E-state index contributed by atoms with van der Waals surface area (Å²) < 4.78 is 0.368. The molecular formula is C20H22N2O4S2. The van der Waals surface area contributed by atoms with Crippen molar-refractivity contribution in [2.75, 3.05) is 18.0 Å². The Labute approximate surface area is 173 Å². The molecule has 0 aliphatic carbocycles. The van der Waals surface area contributed by atoms with Crippen LogP contribution in [0.15, 0.2) is 29.2 Å². The summed E-state index contributed by atoms with van der Waals surface area (Å²) in [5, 5.41) is 8.80. The van der Waals surface area contributed by atoms with Crippen LogP contribution in [-0.4, -0.2) is 45.2 Å². The lowest BCUT2D eigenvalue weighted by Crippen LogP contribution is -2.30. The molecule has 28 heavy (non-hydrogen) atoms. The molecule has 3 rings (SSSR count). The van der Waals surface area contributed by atoms with E-state index in [9.17, 15) is 14.4 Å². The summed E-state index contributed by atoms with van der Waals surface area (Å²) in [4.78, 5) is 40.3. The maximum atomic E-state index is 13.2. The Hall–Kier alpha value is -2.19. The minimum Gasteiger partial charge on any atom is -0.481 e. The van der Waals surface area contributed by atoms with Crippen LogP contribution in [0.3, 0.4) is 0 Å². The first kappa shape index (κ1) is 20.5. The molecule has 0 radical (unpaired) electrons. The van der Waals surface area contributed by atoms with Crippen molar-refractivity contribution in [1.29, 1.82) is 0 Å². The quantitative estimate of drug-likeness (QED) is 0.394. The normalized spacial score (nSPS) is 19.0. The van der Waals surface area contributed by atoms with Crippen molar-refractivity contribution in [1.82, 2.24) is 4.90 Å². The van der Waals surface area contributed by atoms with Crippen LogP contribution in [0.5, 0.6) is 0 Å². The first-order valence-corrected chi connectivity index (χ1v) is 10.6. The molecule has 2 heterocycles. The minimum atomic E-state index is -0.911. The number of nitrogens with zero attached hydrogens (tertiary/aromatic N) is 2. The van der Waals surface area contributed by atoms with E-state index in [2.05, 4.69) is 6.92 Å². The number of hydrogen-bond acceptors (Lipinski definition) is 5. The van der Waals surface area contributed by atoms with Gasteiger partial charge in [-0.3, -0.25) is 19.3 Å². The van der Waals surface area contributed by atoms with Crippen LogP contribution in [0.1, 0.15) is 44.6 Å². The largest absolute Gasteiger partial charge is 0.481 e. The SMILES string of the molecule is CCCCCN1C(=O)/C(=C2\SC(=S)N(CCCC(=O)O)C2=O)c2ccccc21. The fraction of sp³-hybridized carbons (Fsp3) is 0.400. The van der Waals surface area contributed by atoms with Gasteiger partial charge in [0, 0.05) is 25.1 Å². The molecule has 148 valence electrons. The van der Waals surface area contributed by atoms with Crippen LogP contribution >= 0.6 is 24.0 Å². The summed E-state index contributed by atoms with van der Waals surface area (Å²) in [6, 6.07) is 7.51. The number of thioether (sulfide) groups is 1. The maximum Gasteiger partial charge on any atom is 0.303 e. The number of fused-ring (bicyclic) bond motifs is 1. The van der Waals surface area contributed by atoms with Gasteiger partial charge in [-0.15, -0.1) is 0 Å². The van der Waals surface area contributed by atoms with Gasteiger partial charge in [0.05, 0.1) is 16.2 Å². The highest BCUT2D eigenvalue weighted by molar-refractivity contribution is 8.26. The zero-order chi connectivity index (χ0) is 20.3. The molecule has 2 aliphatic heterocycles. The fourth-order valence-electron chi connectivity index (χ4n) is 3.37. The molecular weight excluding hydrogens is 396 g/mol. The second kappa shape index (κ2) is 8.87. The number of benzene rings is 1. The number of para-hydroxylation sites is 1. The van der Waals surface area contributed by atoms with E-state index in [1.54, 1.807) is 4.90 Å². The number of anilines is 1. The summed E-state index contributed by atoms with van der Waals surface area (Å²) >= 11 is 6.45. The van der Waals surface area contributed by atoms with Gasteiger partial charge < -0.3 is 10.0 Å². The number of hydrogen-bond donors (Lipinski definition) is 1. The number of thiocarbonyl (C=S) groups is 1. The Bertz CT molecular complexity index is 866. The standard InChI is InChI=1S/C20H22N2O4S2/c1-2-3-6-11-21-14-9-5-4-8-13(14)16(18(21)25)17-19(26)22(20(27)28-17)12-7-10-15(23)24/h4-5,8-9H,2-3,6-7,10-12H2,1H3,(H,23,24)/b17-16-. The third-order valence-corrected chi connectivity index (χ3v) is 6.21. The van der Waals surface area contributed by atoms with Gasteiger partial charge in [-0.2, -0.15) is 0 Å². The zero-order valence-electron chi connectivity index (χ0n) is 15.6. The summed E-state index contributed by atoms with van der Waals surface area (Å²) in [7, 11) is 0. The number of amides is 2. The molecule has 0 aromatic heterocycles. The minimum absolute atomic E-state index is 0.0318. The van der Waals surface area contributed by atoms with Crippen LogP contribution in [0.4, 0.5) is 5.69 Å². The maximum absolute atomic E-state index is 13.2. The lowest BCUT2D eigenvalue weighted by molar-refractivity contribution is -0.137. The highest BCUT2D eigenvalue weighted by atomic mass is 32.2. The van der Waals surface area contributed by atoms with Crippen molar-refractivity contribution in [3.8, 4) is 0 Å². The van der Waals surface area contributed by atoms with Gasteiger partial charge in [0.15, 0.2) is 0 Å². The molecule has 0 unspecified atom stereocenters. The number of aliphatic carboxylic acids is 1. The molecule has 1 saturated heterocycles. The molecule has 0 atom stereocenters. The van der Waals surface area contributed by atoms with Gasteiger partial charge in [-0.25, -0.2) is 0 Å². The fourth-order valence-corrected chi connectivity index (χ4v) is 4.75. The summed E-state index contributed by atoms with van der Waals surface area (Å²) in [6.45, 7) is 2.97. The van der Waals surface area contributed by atoms with Crippen LogP contribution in [0.25, 0.3) is 5.57 Å². The molecule has 1 aromatic carbocycles. The van der Waals surface area contributed by atoms with Crippen LogP contribution in [0.2, 0.25) is 0 Å². The van der Waals surface area contributed by atoms with E-state index in [0.29, 0.717) is 27.8 Å². The summed E-state index contributed by atoms with van der Waals surface area (Å²) in [5.41, 5.74) is 2.00. The number of rotatable bonds is 8. The van der Waals surface area contributed by atoms with Crippen molar-refractivity contribution in [2.24, 2.45) is 0 Å². The lowest BCUT2D eigenvalue weighted by atomic mass is 10.1. The van der Waals surface area contributed by atoms with Crippen LogP contribution in [-0.2, 0) is 14.4 Å². The van der Waals surface area contributed by atoms with E-state index in [1.807, 2.05) is 24.3 Å². The van der Waals surface area contributed by atoms with E-state index in [1.165, 1.54) is 4.90 Å². The van der Waals surface area contributed by atoms with Gasteiger partial charge in [0.2, 0.25) is 0 Å². The molecule has 1 aromatic rings. The van der Waals surface area contributed by atoms with Crippen molar-refractivity contribution in [3.05, 3.63) is 34.7 Å². The lowest BCUT2D eigenvalue weighted by Gasteiger charge is -2.16. The van der Waals surface area contributed by atoms with Gasteiger partial charge in [-0.1, -0.05) is 61.9 Å². The van der Waals surface area contributed by atoms with E-state index < -0.39 is 5.97 Å². The molecule has 1 fully saturated rings. The summed E-state index contributed by atoms with van der Waals surface area (Å²) in [5.74, 6) is -1.39. The number of carbonyl (C=O) groups is 3. The van der Waals surface area contributed by atoms with Gasteiger partial charge in [-0.05, 0) is 18.9 Å². The molecule has 8 heteroatoms. The van der Waals surface area contributed by atoms with Crippen LogP contribution in [0, 0.1) is 0 Å². The number of carboxylic acid groups (broad SMARTS) is 1. The smallest absolute Gasteiger partial charge is 0.303 e. The van der Waals surface area contributed by atoms with Gasteiger partial charge in [0.25, 0.3) is 11.8 Å². The predicted molar refractivity (Wildman–Crippen MR) is 114 cm³/mol. The van der Waals surface area contributed by atoms with E-state index >= 15 is 0 Å². The third-order valence-electron chi connectivity index (χ3n) is 4.76. The number of carbonyl (C=O) groups excluding carboxylic acids is 2. The summed E-state index contributed by atoms with van der Waals surface area (Å²) in [6.07, 6.45) is 3.28. The Morgan fingerprint density at radius 1 is 1.07 bits per heavy atom. The molecule has 0 bridgehead atoms. The van der Waals surface area contributed by atoms with Crippen molar-refractivity contribution in [3.63, 3.8) is 0 Å². The highest BCUT2D eigenvalue weighted by Crippen LogP contribution is 2.44. The first-order chi connectivity index (χ1) is 13.5. The topological polar surface area (TPSA) is 77.9 Å². The average molecular weight is 419 g/mol. The molecule has 6 nitrogen and oxygen atoms in total. The van der Waals surface area contributed by atoms with Crippen molar-refractivity contribution < 1.29 is 19.5 Å². The molecule has 2 aliphatic rings. The molecule has 0 spiro atoms. The Morgan fingerprint density at radius 3 is 2.50 bits per heavy atom. The second-order valence-corrected chi connectivity index (χ2v) is 8.35. The van der Waals surface area contributed by atoms with E-state index in [-0.39, 0.29) is 24.8 Å². The first-order valence-electron chi connectivity index (χ1n) is 9.36. The Morgan fingerprint density at radius 2 is 1.79 bits per heavy atom. The van der Waals surface area contributed by atoms with Crippen molar-refractivity contribution in [2.45, 2.75) is 39.0 Å². The predicted octanol–water partition coefficient (Wildman–Crippen LogP) is 3.66. The van der Waals surface area contributed by atoms with Gasteiger partial charge >= 0.3 is 5.97 Å². The molecule has 2 amide bonds. The molecule has 0 saturated carbocycles. The van der Waals surface area contributed by atoms with Crippen molar-refractivity contribution >= 4 is 57.3 Å². The second-order valence-electron chi connectivity index (χ2n) is 6.71. The molecule has 1 N–H and O–H groups in total. The Balaban J connectivity index is 1.90. The number of unbranched alkanes of at least 4 members (excludes halogenated alkanes) is 2. The van der Waals surface area contributed by atoms with E-state index in [4.69, 9.17) is 17.3 Å².